The molecule has 1 unspecified atom stereocenters. The second kappa shape index (κ2) is 5.58. The highest BCUT2D eigenvalue weighted by atomic mass is 14.9. The van der Waals surface area contributed by atoms with Crippen molar-refractivity contribution in [1.82, 2.24) is 5.32 Å². The zero-order chi connectivity index (χ0) is 8.81. The summed E-state index contributed by atoms with van der Waals surface area (Å²) in [6.45, 7) is 5.79. The van der Waals surface area contributed by atoms with Crippen molar-refractivity contribution in [3.63, 3.8) is 0 Å². The Balaban J connectivity index is 1.86. The van der Waals surface area contributed by atoms with Crippen LogP contribution in [0.15, 0.2) is 0 Å². The molecule has 1 fully saturated rings. The third kappa shape index (κ3) is 3.57. The van der Waals surface area contributed by atoms with Crippen LogP contribution in [-0.4, -0.2) is 12.6 Å². The molecule has 1 nitrogen and oxygen atoms in total. The summed E-state index contributed by atoms with van der Waals surface area (Å²) in [5.74, 6) is 1.06. The Morgan fingerprint density at radius 1 is 1.42 bits per heavy atom. The molecule has 0 aromatic rings. The molecule has 0 saturated heterocycles. The predicted octanol–water partition coefficient (Wildman–Crippen LogP) is 2.95. The van der Waals surface area contributed by atoms with E-state index in [1.165, 1.54) is 45.1 Å². The van der Waals surface area contributed by atoms with E-state index in [2.05, 4.69) is 19.2 Å². The Hall–Kier alpha value is -0.0400. The summed E-state index contributed by atoms with van der Waals surface area (Å²) in [6.07, 6.45) is 8.50. The summed E-state index contributed by atoms with van der Waals surface area (Å²) in [5.41, 5.74) is 0. The van der Waals surface area contributed by atoms with Crippen LogP contribution in [0.5, 0.6) is 0 Å². The lowest BCUT2D eigenvalue weighted by Gasteiger charge is -2.26. The van der Waals surface area contributed by atoms with Crippen LogP contribution in [0.3, 0.4) is 0 Å². The van der Waals surface area contributed by atoms with Gasteiger partial charge < -0.3 is 5.32 Å². The minimum Gasteiger partial charge on any atom is -0.314 e. The monoisotopic (exact) mass is 169 g/mol. The van der Waals surface area contributed by atoms with Gasteiger partial charge in [-0.25, -0.2) is 0 Å². The SMILES string of the molecule is CCCC(C)NCCC1CCC1. The molecule has 0 heterocycles. The normalized spacial score (nSPS) is 20.5. The fourth-order valence-corrected chi connectivity index (χ4v) is 1.85. The quantitative estimate of drug-likeness (QED) is 0.644. The van der Waals surface area contributed by atoms with Gasteiger partial charge in [-0.1, -0.05) is 32.6 Å². The van der Waals surface area contributed by atoms with Crippen LogP contribution < -0.4 is 5.32 Å². The molecule has 1 N–H and O–H groups in total. The Bertz CT molecular complexity index is 108. The van der Waals surface area contributed by atoms with Crippen molar-refractivity contribution < 1.29 is 0 Å². The van der Waals surface area contributed by atoms with Crippen molar-refractivity contribution in [2.24, 2.45) is 5.92 Å². The van der Waals surface area contributed by atoms with E-state index in [-0.39, 0.29) is 0 Å². The highest BCUT2D eigenvalue weighted by Gasteiger charge is 2.16. The van der Waals surface area contributed by atoms with Crippen LogP contribution in [0.25, 0.3) is 0 Å². The van der Waals surface area contributed by atoms with Crippen molar-refractivity contribution in [2.75, 3.05) is 6.54 Å². The maximum Gasteiger partial charge on any atom is 0.00386 e. The van der Waals surface area contributed by atoms with Crippen molar-refractivity contribution in [3.05, 3.63) is 0 Å². The van der Waals surface area contributed by atoms with Crippen molar-refractivity contribution in [3.8, 4) is 0 Å². The second-order valence-corrected chi connectivity index (χ2v) is 4.23. The van der Waals surface area contributed by atoms with Gasteiger partial charge in [-0.3, -0.25) is 0 Å². The molecular weight excluding hydrogens is 146 g/mol. The molecule has 1 heteroatoms. The van der Waals surface area contributed by atoms with Crippen LogP contribution in [0.1, 0.15) is 52.4 Å². The van der Waals surface area contributed by atoms with Crippen molar-refractivity contribution >= 4 is 0 Å². The minimum absolute atomic E-state index is 0.732. The van der Waals surface area contributed by atoms with Crippen LogP contribution >= 0.6 is 0 Å². The van der Waals surface area contributed by atoms with Gasteiger partial charge in [-0.2, -0.15) is 0 Å². The summed E-state index contributed by atoms with van der Waals surface area (Å²) in [4.78, 5) is 0. The molecule has 0 bridgehead atoms. The zero-order valence-electron chi connectivity index (χ0n) is 8.60. The van der Waals surface area contributed by atoms with E-state index in [1.54, 1.807) is 0 Å². The highest BCUT2D eigenvalue weighted by molar-refractivity contribution is 4.71. The van der Waals surface area contributed by atoms with Crippen molar-refractivity contribution in [2.45, 2.75) is 58.4 Å². The second-order valence-electron chi connectivity index (χ2n) is 4.23. The van der Waals surface area contributed by atoms with Gasteiger partial charge >= 0.3 is 0 Å². The molecule has 0 aliphatic heterocycles. The summed E-state index contributed by atoms with van der Waals surface area (Å²) in [7, 11) is 0. The molecule has 1 aliphatic rings. The van der Waals surface area contributed by atoms with Gasteiger partial charge in [0.2, 0.25) is 0 Å². The summed E-state index contributed by atoms with van der Waals surface area (Å²) in [5, 5.41) is 3.58. The Kier molecular flexibility index (Phi) is 4.67. The van der Waals surface area contributed by atoms with Gasteiger partial charge in [-0.15, -0.1) is 0 Å². The summed E-state index contributed by atoms with van der Waals surface area (Å²) in [6, 6.07) is 0.732. The molecule has 72 valence electrons. The van der Waals surface area contributed by atoms with E-state index >= 15 is 0 Å². The van der Waals surface area contributed by atoms with E-state index < -0.39 is 0 Å². The lowest BCUT2D eigenvalue weighted by Crippen LogP contribution is -2.29. The zero-order valence-corrected chi connectivity index (χ0v) is 8.60. The maximum atomic E-state index is 3.58. The van der Waals surface area contributed by atoms with Crippen LogP contribution in [0.2, 0.25) is 0 Å². The fourth-order valence-electron chi connectivity index (χ4n) is 1.85. The van der Waals surface area contributed by atoms with E-state index in [9.17, 15) is 0 Å². The van der Waals surface area contributed by atoms with Crippen LogP contribution in [-0.2, 0) is 0 Å². The van der Waals surface area contributed by atoms with E-state index in [0.717, 1.165) is 12.0 Å². The number of nitrogens with one attached hydrogen (secondary N) is 1. The van der Waals surface area contributed by atoms with E-state index in [1.807, 2.05) is 0 Å². The molecule has 1 atom stereocenters. The van der Waals surface area contributed by atoms with Gasteiger partial charge in [0.15, 0.2) is 0 Å². The molecule has 0 amide bonds. The first-order chi connectivity index (χ1) is 5.83. The Morgan fingerprint density at radius 3 is 2.67 bits per heavy atom. The van der Waals surface area contributed by atoms with Gasteiger partial charge in [0.05, 0.1) is 0 Å². The van der Waals surface area contributed by atoms with E-state index in [0.29, 0.717) is 0 Å². The molecule has 1 rings (SSSR count). The first-order valence-corrected chi connectivity index (χ1v) is 5.56. The maximum absolute atomic E-state index is 3.58. The van der Waals surface area contributed by atoms with Gasteiger partial charge in [0.1, 0.15) is 0 Å². The number of hydrogen-bond donors (Lipinski definition) is 1. The molecule has 0 aromatic heterocycles. The molecule has 0 spiro atoms. The topological polar surface area (TPSA) is 12.0 Å². The summed E-state index contributed by atoms with van der Waals surface area (Å²) >= 11 is 0. The van der Waals surface area contributed by atoms with Gasteiger partial charge in [-0.05, 0) is 32.2 Å². The molecule has 12 heavy (non-hydrogen) atoms. The lowest BCUT2D eigenvalue weighted by molar-refractivity contribution is 0.287. The number of hydrogen-bond acceptors (Lipinski definition) is 1. The molecular formula is C11H23N. The van der Waals surface area contributed by atoms with E-state index in [4.69, 9.17) is 0 Å². The highest BCUT2D eigenvalue weighted by Crippen LogP contribution is 2.28. The molecule has 1 aliphatic carbocycles. The van der Waals surface area contributed by atoms with Crippen LogP contribution in [0, 0.1) is 5.92 Å². The smallest absolute Gasteiger partial charge is 0.00386 e. The lowest BCUT2D eigenvalue weighted by atomic mass is 9.83. The third-order valence-corrected chi connectivity index (χ3v) is 2.99. The predicted molar refractivity (Wildman–Crippen MR) is 54.3 cm³/mol. The average molecular weight is 169 g/mol. The van der Waals surface area contributed by atoms with Crippen molar-refractivity contribution in [1.29, 1.82) is 0 Å². The third-order valence-electron chi connectivity index (χ3n) is 2.99. The molecule has 1 saturated carbocycles. The molecule has 0 radical (unpaired) electrons. The fraction of sp³-hybridized carbons (Fsp3) is 1.00. The molecule has 0 aromatic carbocycles. The van der Waals surface area contributed by atoms with Crippen LogP contribution in [0.4, 0.5) is 0 Å². The largest absolute Gasteiger partial charge is 0.314 e. The Morgan fingerprint density at radius 2 is 2.17 bits per heavy atom. The Labute approximate surface area is 76.9 Å². The van der Waals surface area contributed by atoms with Gasteiger partial charge in [0, 0.05) is 6.04 Å². The standard InChI is InChI=1S/C11H23N/c1-3-5-10(2)12-9-8-11-6-4-7-11/h10-12H,3-9H2,1-2H3. The first-order valence-electron chi connectivity index (χ1n) is 5.56. The summed E-state index contributed by atoms with van der Waals surface area (Å²) < 4.78 is 0. The average Bonchev–Trinajstić information content (AvgIpc) is 1.95. The first kappa shape index (κ1) is 10.0. The minimum atomic E-state index is 0.732. The number of rotatable bonds is 6. The van der Waals surface area contributed by atoms with Gasteiger partial charge in [0.25, 0.3) is 0 Å².